The van der Waals surface area contributed by atoms with E-state index in [0.29, 0.717) is 6.61 Å². The first-order chi connectivity index (χ1) is 13.7. The Morgan fingerprint density at radius 1 is 1.18 bits per heavy atom. The van der Waals surface area contributed by atoms with E-state index in [-0.39, 0.29) is 12.0 Å². The molecule has 28 heavy (non-hydrogen) atoms. The lowest BCUT2D eigenvalue weighted by molar-refractivity contribution is 0.201. The van der Waals surface area contributed by atoms with Crippen molar-refractivity contribution >= 4 is 0 Å². The van der Waals surface area contributed by atoms with Gasteiger partial charge in [0.05, 0.1) is 11.7 Å². The van der Waals surface area contributed by atoms with E-state index in [1.54, 1.807) is 6.20 Å². The first-order valence-corrected chi connectivity index (χ1v) is 9.88. The van der Waals surface area contributed by atoms with E-state index in [0.717, 1.165) is 49.1 Å². The van der Waals surface area contributed by atoms with Crippen molar-refractivity contribution < 1.29 is 9.26 Å². The molecule has 3 heterocycles. The molecule has 6 nitrogen and oxygen atoms in total. The summed E-state index contributed by atoms with van der Waals surface area (Å²) in [6, 6.07) is 14.3. The topological polar surface area (TPSA) is 64.3 Å². The van der Waals surface area contributed by atoms with Gasteiger partial charge < -0.3 is 9.26 Å². The van der Waals surface area contributed by atoms with Crippen molar-refractivity contribution in [2.24, 2.45) is 0 Å². The lowest BCUT2D eigenvalue weighted by Gasteiger charge is -2.21. The molecule has 1 saturated heterocycles. The minimum Gasteiger partial charge on any atom is -0.487 e. The standard InChI is InChI=1S/C22H26N4O2/c1-16(2)21-24-22(28-25-21)20-7-5-13-26(20)14-17-8-10-19(11-9-17)27-15-18-6-3-4-12-23-18/h3-4,6,8-12,16,20H,5,7,13-15H2,1-2H3/t20-/m0/s1. The molecular formula is C22H26N4O2. The smallest absolute Gasteiger partial charge is 0.244 e. The fourth-order valence-electron chi connectivity index (χ4n) is 3.48. The average molecular weight is 378 g/mol. The molecular weight excluding hydrogens is 352 g/mol. The number of nitrogens with zero attached hydrogens (tertiary/aromatic N) is 4. The van der Waals surface area contributed by atoms with E-state index in [1.165, 1.54) is 5.56 Å². The van der Waals surface area contributed by atoms with Crippen molar-refractivity contribution in [3.63, 3.8) is 0 Å². The fraction of sp³-hybridized carbons (Fsp3) is 0.409. The maximum absolute atomic E-state index is 5.82. The van der Waals surface area contributed by atoms with Crippen molar-refractivity contribution in [3.05, 3.63) is 71.6 Å². The molecule has 1 aliphatic heterocycles. The van der Waals surface area contributed by atoms with Gasteiger partial charge in [-0.25, -0.2) is 0 Å². The second-order valence-corrected chi connectivity index (χ2v) is 7.53. The van der Waals surface area contributed by atoms with E-state index in [1.807, 2.05) is 30.3 Å². The van der Waals surface area contributed by atoms with Crippen molar-refractivity contribution in [1.29, 1.82) is 0 Å². The van der Waals surface area contributed by atoms with Crippen molar-refractivity contribution in [3.8, 4) is 5.75 Å². The summed E-state index contributed by atoms with van der Waals surface area (Å²) >= 11 is 0. The first kappa shape index (κ1) is 18.6. The van der Waals surface area contributed by atoms with Crippen LogP contribution in [0.2, 0.25) is 0 Å². The normalized spacial score (nSPS) is 17.3. The summed E-state index contributed by atoms with van der Waals surface area (Å²) in [5.74, 6) is 2.67. The van der Waals surface area contributed by atoms with Gasteiger partial charge in [0.25, 0.3) is 0 Å². The molecule has 146 valence electrons. The van der Waals surface area contributed by atoms with E-state index in [9.17, 15) is 0 Å². The zero-order valence-electron chi connectivity index (χ0n) is 16.4. The van der Waals surface area contributed by atoms with E-state index in [2.05, 4.69) is 46.0 Å². The molecule has 1 atom stereocenters. The lowest BCUT2D eigenvalue weighted by atomic mass is 10.1. The molecule has 0 amide bonds. The molecule has 0 spiro atoms. The number of ether oxygens (including phenoxy) is 1. The molecule has 0 aliphatic carbocycles. The molecule has 0 N–H and O–H groups in total. The number of hydrogen-bond acceptors (Lipinski definition) is 6. The van der Waals surface area contributed by atoms with Crippen LogP contribution in [0.15, 0.2) is 53.2 Å². The van der Waals surface area contributed by atoms with Gasteiger partial charge in [-0.05, 0) is 49.2 Å². The zero-order valence-corrected chi connectivity index (χ0v) is 16.4. The summed E-state index contributed by atoms with van der Waals surface area (Å²) in [7, 11) is 0. The van der Waals surface area contributed by atoms with Gasteiger partial charge >= 0.3 is 0 Å². The number of pyridine rings is 1. The van der Waals surface area contributed by atoms with Gasteiger partial charge in [0.15, 0.2) is 5.82 Å². The fourth-order valence-corrected chi connectivity index (χ4v) is 3.48. The highest BCUT2D eigenvalue weighted by Gasteiger charge is 2.30. The summed E-state index contributed by atoms with van der Waals surface area (Å²) in [6.07, 6.45) is 3.99. The highest BCUT2D eigenvalue weighted by atomic mass is 16.5. The van der Waals surface area contributed by atoms with E-state index >= 15 is 0 Å². The van der Waals surface area contributed by atoms with Crippen LogP contribution < -0.4 is 4.74 Å². The second-order valence-electron chi connectivity index (χ2n) is 7.53. The quantitative estimate of drug-likeness (QED) is 0.603. The predicted molar refractivity (Wildman–Crippen MR) is 106 cm³/mol. The molecule has 0 radical (unpaired) electrons. The number of hydrogen-bond donors (Lipinski definition) is 0. The van der Waals surface area contributed by atoms with E-state index < -0.39 is 0 Å². The van der Waals surface area contributed by atoms with Crippen LogP contribution in [-0.2, 0) is 13.2 Å². The Bertz CT molecular complexity index is 877. The van der Waals surface area contributed by atoms with Gasteiger partial charge in [0.2, 0.25) is 5.89 Å². The number of rotatable bonds is 7. The zero-order chi connectivity index (χ0) is 19.3. The van der Waals surface area contributed by atoms with Crippen LogP contribution in [0.25, 0.3) is 0 Å². The largest absolute Gasteiger partial charge is 0.487 e. The third-order valence-electron chi connectivity index (χ3n) is 5.04. The van der Waals surface area contributed by atoms with Gasteiger partial charge in [-0.1, -0.05) is 37.2 Å². The Morgan fingerprint density at radius 3 is 2.75 bits per heavy atom. The average Bonchev–Trinajstić information content (AvgIpc) is 3.37. The Balaban J connectivity index is 1.36. The maximum atomic E-state index is 5.82. The minimum atomic E-state index is 0.208. The van der Waals surface area contributed by atoms with Crippen LogP contribution in [0.3, 0.4) is 0 Å². The molecule has 0 unspecified atom stereocenters. The Kier molecular flexibility index (Phi) is 5.67. The van der Waals surface area contributed by atoms with Gasteiger partial charge in [-0.15, -0.1) is 0 Å². The van der Waals surface area contributed by atoms with Crippen LogP contribution in [-0.4, -0.2) is 26.6 Å². The third kappa shape index (κ3) is 4.39. The second kappa shape index (κ2) is 8.52. The SMILES string of the molecule is CC(C)c1noc([C@@H]2CCCN2Cc2ccc(OCc3ccccn3)cc2)n1. The Morgan fingerprint density at radius 2 is 2.04 bits per heavy atom. The van der Waals surface area contributed by atoms with Gasteiger partial charge in [0.1, 0.15) is 12.4 Å². The molecule has 3 aromatic rings. The third-order valence-corrected chi connectivity index (χ3v) is 5.04. The molecule has 4 rings (SSSR count). The van der Waals surface area contributed by atoms with Crippen LogP contribution in [0.1, 0.15) is 61.6 Å². The number of likely N-dealkylation sites (tertiary alicyclic amines) is 1. The highest BCUT2D eigenvalue weighted by molar-refractivity contribution is 5.27. The van der Waals surface area contributed by atoms with Crippen molar-refractivity contribution in [1.82, 2.24) is 20.0 Å². The predicted octanol–water partition coefficient (Wildman–Crippen LogP) is 4.50. The summed E-state index contributed by atoms with van der Waals surface area (Å²) in [4.78, 5) is 11.3. The Hall–Kier alpha value is -2.73. The Labute approximate surface area is 165 Å². The van der Waals surface area contributed by atoms with Gasteiger partial charge in [-0.2, -0.15) is 4.98 Å². The maximum Gasteiger partial charge on any atom is 0.244 e. The molecule has 1 aromatic carbocycles. The summed E-state index contributed by atoms with van der Waals surface area (Å²) in [6.45, 7) is 6.55. The first-order valence-electron chi connectivity index (χ1n) is 9.88. The summed E-state index contributed by atoms with van der Waals surface area (Å²) in [5, 5.41) is 4.12. The van der Waals surface area contributed by atoms with Gasteiger partial charge in [0, 0.05) is 18.7 Å². The molecule has 0 bridgehead atoms. The summed E-state index contributed by atoms with van der Waals surface area (Å²) in [5.41, 5.74) is 2.17. The minimum absolute atomic E-state index is 0.208. The highest BCUT2D eigenvalue weighted by Crippen LogP contribution is 2.33. The van der Waals surface area contributed by atoms with Crippen molar-refractivity contribution in [2.75, 3.05) is 6.54 Å². The number of aromatic nitrogens is 3. The molecule has 1 fully saturated rings. The van der Waals surface area contributed by atoms with Gasteiger partial charge in [-0.3, -0.25) is 9.88 Å². The van der Waals surface area contributed by atoms with Crippen molar-refractivity contribution in [2.45, 2.75) is 51.8 Å². The summed E-state index contributed by atoms with van der Waals surface area (Å²) < 4.78 is 11.4. The van der Waals surface area contributed by atoms with Crippen LogP contribution in [0.5, 0.6) is 5.75 Å². The molecule has 1 aliphatic rings. The number of benzene rings is 1. The van der Waals surface area contributed by atoms with Crippen LogP contribution in [0.4, 0.5) is 0 Å². The monoisotopic (exact) mass is 378 g/mol. The van der Waals surface area contributed by atoms with Crippen LogP contribution >= 0.6 is 0 Å². The molecule has 0 saturated carbocycles. The molecule has 2 aromatic heterocycles. The van der Waals surface area contributed by atoms with E-state index in [4.69, 9.17) is 9.26 Å². The lowest BCUT2D eigenvalue weighted by Crippen LogP contribution is -2.23. The van der Waals surface area contributed by atoms with Crippen LogP contribution in [0, 0.1) is 0 Å². The molecule has 6 heteroatoms.